The second-order valence-electron chi connectivity index (χ2n) is 4.52. The monoisotopic (exact) mass is 320 g/mol. The highest BCUT2D eigenvalue weighted by atomic mass is 16.6. The van der Waals surface area contributed by atoms with Crippen LogP contribution in [-0.4, -0.2) is 39.4 Å². The predicted molar refractivity (Wildman–Crippen MR) is 85.3 cm³/mol. The van der Waals surface area contributed by atoms with Gasteiger partial charge in [0.15, 0.2) is 0 Å². The Bertz CT molecular complexity index is 603. The second kappa shape index (κ2) is 9.30. The number of carbonyl (C=O) groups is 2. The SMILES string of the molecule is C=C(C)C(=O)OCCOC(=O)/C=C/c1ccc(OC)cc1OC. The topological polar surface area (TPSA) is 71.1 Å². The Labute approximate surface area is 135 Å². The first-order valence-electron chi connectivity index (χ1n) is 6.87. The second-order valence-corrected chi connectivity index (χ2v) is 4.52. The molecule has 0 bridgehead atoms. The van der Waals surface area contributed by atoms with E-state index in [1.807, 2.05) is 0 Å². The van der Waals surface area contributed by atoms with E-state index in [2.05, 4.69) is 6.58 Å². The lowest BCUT2D eigenvalue weighted by atomic mass is 10.2. The molecule has 0 saturated carbocycles. The van der Waals surface area contributed by atoms with Crippen LogP contribution in [0.15, 0.2) is 36.4 Å². The molecule has 23 heavy (non-hydrogen) atoms. The number of hydrogen-bond donors (Lipinski definition) is 0. The van der Waals surface area contributed by atoms with Crippen molar-refractivity contribution in [1.29, 1.82) is 0 Å². The first-order valence-corrected chi connectivity index (χ1v) is 6.87. The zero-order chi connectivity index (χ0) is 17.2. The van der Waals surface area contributed by atoms with E-state index >= 15 is 0 Å². The molecule has 124 valence electrons. The molecule has 0 N–H and O–H groups in total. The molecule has 0 aliphatic carbocycles. The number of esters is 2. The molecule has 0 fully saturated rings. The fraction of sp³-hybridized carbons (Fsp3) is 0.294. The van der Waals surface area contributed by atoms with Gasteiger partial charge in [-0.2, -0.15) is 0 Å². The standard InChI is InChI=1S/C17H20O6/c1-12(2)17(19)23-10-9-22-16(18)8-6-13-5-7-14(20-3)11-15(13)21-4/h5-8,11H,1,9-10H2,2-4H3/b8-6+. The summed E-state index contributed by atoms with van der Waals surface area (Å²) < 4.78 is 20.0. The Kier molecular flexibility index (Phi) is 7.39. The van der Waals surface area contributed by atoms with Crippen molar-refractivity contribution >= 4 is 18.0 Å². The van der Waals surface area contributed by atoms with Gasteiger partial charge in [-0.25, -0.2) is 9.59 Å². The van der Waals surface area contributed by atoms with E-state index < -0.39 is 11.9 Å². The van der Waals surface area contributed by atoms with Crippen molar-refractivity contribution in [3.05, 3.63) is 42.0 Å². The number of rotatable bonds is 8. The summed E-state index contributed by atoms with van der Waals surface area (Å²) in [7, 11) is 3.09. The number of carbonyl (C=O) groups excluding carboxylic acids is 2. The van der Waals surface area contributed by atoms with E-state index in [0.717, 1.165) is 0 Å². The molecule has 0 unspecified atom stereocenters. The molecule has 0 radical (unpaired) electrons. The Balaban J connectivity index is 2.49. The smallest absolute Gasteiger partial charge is 0.333 e. The number of ether oxygens (including phenoxy) is 4. The molecule has 1 aromatic carbocycles. The Morgan fingerprint density at radius 2 is 1.83 bits per heavy atom. The molecule has 0 amide bonds. The Morgan fingerprint density at radius 3 is 2.43 bits per heavy atom. The van der Waals surface area contributed by atoms with Crippen LogP contribution in [0.1, 0.15) is 12.5 Å². The maximum atomic E-state index is 11.6. The largest absolute Gasteiger partial charge is 0.497 e. The van der Waals surface area contributed by atoms with Crippen LogP contribution in [0.25, 0.3) is 6.08 Å². The van der Waals surface area contributed by atoms with Gasteiger partial charge in [0, 0.05) is 23.3 Å². The predicted octanol–water partition coefficient (Wildman–Crippen LogP) is 2.38. The van der Waals surface area contributed by atoms with Gasteiger partial charge in [0.05, 0.1) is 14.2 Å². The van der Waals surface area contributed by atoms with Crippen LogP contribution in [0.3, 0.4) is 0 Å². The summed E-state index contributed by atoms with van der Waals surface area (Å²) in [5.74, 6) is 0.165. The summed E-state index contributed by atoms with van der Waals surface area (Å²) >= 11 is 0. The van der Waals surface area contributed by atoms with Crippen LogP contribution in [-0.2, 0) is 19.1 Å². The highest BCUT2D eigenvalue weighted by Crippen LogP contribution is 2.25. The van der Waals surface area contributed by atoms with Crippen molar-refractivity contribution in [1.82, 2.24) is 0 Å². The quantitative estimate of drug-likeness (QED) is 0.416. The minimum absolute atomic E-state index is 0.0167. The van der Waals surface area contributed by atoms with Crippen LogP contribution in [0.5, 0.6) is 11.5 Å². The highest BCUT2D eigenvalue weighted by molar-refractivity contribution is 5.88. The van der Waals surface area contributed by atoms with Crippen molar-refractivity contribution in [2.75, 3.05) is 27.4 Å². The average molecular weight is 320 g/mol. The first-order chi connectivity index (χ1) is 11.0. The Morgan fingerprint density at radius 1 is 1.13 bits per heavy atom. The van der Waals surface area contributed by atoms with Gasteiger partial charge in [0.25, 0.3) is 0 Å². The number of methoxy groups -OCH3 is 2. The number of hydrogen-bond acceptors (Lipinski definition) is 6. The van der Waals surface area contributed by atoms with Crippen LogP contribution in [0.2, 0.25) is 0 Å². The highest BCUT2D eigenvalue weighted by Gasteiger charge is 2.05. The van der Waals surface area contributed by atoms with Crippen LogP contribution in [0, 0.1) is 0 Å². The van der Waals surface area contributed by atoms with Crippen molar-refractivity contribution in [2.45, 2.75) is 6.92 Å². The van der Waals surface area contributed by atoms with Gasteiger partial charge in [-0.3, -0.25) is 0 Å². The molecule has 1 aromatic rings. The normalized spacial score (nSPS) is 10.2. The summed E-state index contributed by atoms with van der Waals surface area (Å²) in [6, 6.07) is 5.22. The van der Waals surface area contributed by atoms with Crippen molar-refractivity contribution in [2.24, 2.45) is 0 Å². The molecule has 1 rings (SSSR count). The van der Waals surface area contributed by atoms with E-state index in [0.29, 0.717) is 22.6 Å². The van der Waals surface area contributed by atoms with Crippen molar-refractivity contribution in [3.8, 4) is 11.5 Å². The minimum Gasteiger partial charge on any atom is -0.497 e. The van der Waals surface area contributed by atoms with Crippen LogP contribution in [0.4, 0.5) is 0 Å². The maximum absolute atomic E-state index is 11.6. The molecule has 0 aromatic heterocycles. The first kappa shape index (κ1) is 18.3. The van der Waals surface area contributed by atoms with Gasteiger partial charge < -0.3 is 18.9 Å². The molecule has 6 nitrogen and oxygen atoms in total. The van der Waals surface area contributed by atoms with Crippen molar-refractivity contribution in [3.63, 3.8) is 0 Å². The summed E-state index contributed by atoms with van der Waals surface area (Å²) in [4.78, 5) is 22.7. The molecule has 0 saturated heterocycles. The molecular weight excluding hydrogens is 300 g/mol. The van der Waals surface area contributed by atoms with Crippen LogP contribution < -0.4 is 9.47 Å². The molecule has 0 atom stereocenters. The van der Waals surface area contributed by atoms with E-state index in [-0.39, 0.29) is 13.2 Å². The van der Waals surface area contributed by atoms with Gasteiger partial charge in [-0.05, 0) is 25.1 Å². The zero-order valence-corrected chi connectivity index (χ0v) is 13.5. The van der Waals surface area contributed by atoms with Crippen molar-refractivity contribution < 1.29 is 28.5 Å². The molecule has 0 aliphatic heterocycles. The van der Waals surface area contributed by atoms with E-state index in [1.54, 1.807) is 38.3 Å². The lowest BCUT2D eigenvalue weighted by molar-refractivity contribution is -0.146. The van der Waals surface area contributed by atoms with E-state index in [9.17, 15) is 9.59 Å². The maximum Gasteiger partial charge on any atom is 0.333 e. The molecule has 0 heterocycles. The summed E-state index contributed by atoms with van der Waals surface area (Å²) in [5, 5.41) is 0. The van der Waals surface area contributed by atoms with Gasteiger partial charge >= 0.3 is 11.9 Å². The average Bonchev–Trinajstić information content (AvgIpc) is 2.56. The van der Waals surface area contributed by atoms with Gasteiger partial charge in [0.1, 0.15) is 24.7 Å². The summed E-state index contributed by atoms with van der Waals surface area (Å²) in [5.41, 5.74) is 1.00. The van der Waals surface area contributed by atoms with Gasteiger partial charge in [-0.15, -0.1) is 0 Å². The lowest BCUT2D eigenvalue weighted by Crippen LogP contribution is -2.12. The van der Waals surface area contributed by atoms with Gasteiger partial charge in [0.2, 0.25) is 0 Å². The summed E-state index contributed by atoms with van der Waals surface area (Å²) in [6.07, 6.45) is 2.84. The third-order valence-electron chi connectivity index (χ3n) is 2.75. The number of benzene rings is 1. The third-order valence-corrected chi connectivity index (χ3v) is 2.75. The lowest BCUT2D eigenvalue weighted by Gasteiger charge is -2.07. The Hall–Kier alpha value is -2.76. The fourth-order valence-electron chi connectivity index (χ4n) is 1.56. The fourth-order valence-corrected chi connectivity index (χ4v) is 1.56. The molecule has 6 heteroatoms. The molecule has 0 spiro atoms. The molecule has 0 aliphatic rings. The minimum atomic E-state index is -0.547. The molecular formula is C17H20O6. The third kappa shape index (κ3) is 6.25. The van der Waals surface area contributed by atoms with E-state index in [1.165, 1.54) is 13.2 Å². The van der Waals surface area contributed by atoms with E-state index in [4.69, 9.17) is 18.9 Å². The van der Waals surface area contributed by atoms with Gasteiger partial charge in [-0.1, -0.05) is 6.58 Å². The zero-order valence-electron chi connectivity index (χ0n) is 13.5. The summed E-state index contributed by atoms with van der Waals surface area (Å²) in [6.45, 7) is 4.94. The van der Waals surface area contributed by atoms with Crippen LogP contribution >= 0.6 is 0 Å².